The highest BCUT2D eigenvalue weighted by molar-refractivity contribution is 5.90. The molecule has 11 nitrogen and oxygen atoms in total. The number of furan rings is 1. The predicted octanol–water partition coefficient (Wildman–Crippen LogP) is 4.13. The van der Waals surface area contributed by atoms with Crippen LogP contribution in [0.15, 0.2) is 59.2 Å². The fourth-order valence-corrected chi connectivity index (χ4v) is 4.37. The lowest BCUT2D eigenvalue weighted by Gasteiger charge is -2.34. The van der Waals surface area contributed by atoms with Crippen LogP contribution >= 0.6 is 0 Å². The number of para-hydroxylation sites is 1. The van der Waals surface area contributed by atoms with Crippen molar-refractivity contribution < 1.29 is 28.2 Å². The van der Waals surface area contributed by atoms with Gasteiger partial charge in [0, 0.05) is 5.54 Å². The molecular weight excluding hydrogens is 514 g/mol. The monoisotopic (exact) mass is 549 g/mol. The normalized spacial score (nSPS) is 12.2. The van der Waals surface area contributed by atoms with E-state index in [1.54, 1.807) is 24.3 Å². The van der Waals surface area contributed by atoms with E-state index in [4.69, 9.17) is 18.6 Å². The first-order valence-corrected chi connectivity index (χ1v) is 12.9. The lowest BCUT2D eigenvalue weighted by molar-refractivity contribution is -0.143. The molecule has 1 N–H and O–H groups in total. The van der Waals surface area contributed by atoms with Crippen LogP contribution in [0, 0.1) is 0 Å². The first kappa shape index (κ1) is 28.5. The summed E-state index contributed by atoms with van der Waals surface area (Å²) in [6.45, 7) is 5.72. The minimum Gasteiger partial charge on any atom is -0.493 e. The topological polar surface area (TPSA) is 121 Å². The van der Waals surface area contributed by atoms with Gasteiger partial charge in [0.05, 0.1) is 39.7 Å². The van der Waals surface area contributed by atoms with Gasteiger partial charge < -0.3 is 28.8 Å². The summed E-state index contributed by atoms with van der Waals surface area (Å²) < 4.78 is 23.8. The molecule has 0 aliphatic carbocycles. The van der Waals surface area contributed by atoms with Gasteiger partial charge in [0.2, 0.25) is 17.6 Å². The van der Waals surface area contributed by atoms with Crippen molar-refractivity contribution in [3.63, 3.8) is 0 Å². The Morgan fingerprint density at radius 3 is 2.35 bits per heavy atom. The number of benzene rings is 2. The number of aromatic nitrogens is 3. The summed E-state index contributed by atoms with van der Waals surface area (Å²) in [5, 5.41) is 11.4. The molecule has 212 valence electrons. The molecule has 1 atom stereocenters. The zero-order valence-electron chi connectivity index (χ0n) is 23.6. The number of ether oxygens (including phenoxy) is 3. The maximum atomic E-state index is 14.1. The van der Waals surface area contributed by atoms with E-state index in [1.807, 2.05) is 45.0 Å². The van der Waals surface area contributed by atoms with Crippen LogP contribution in [0.2, 0.25) is 0 Å². The Kier molecular flexibility index (Phi) is 8.61. The van der Waals surface area contributed by atoms with Crippen molar-refractivity contribution in [1.82, 2.24) is 25.2 Å². The molecule has 4 rings (SSSR count). The highest BCUT2D eigenvalue weighted by Crippen LogP contribution is 2.41. The summed E-state index contributed by atoms with van der Waals surface area (Å²) >= 11 is 0. The molecule has 0 unspecified atom stereocenters. The second-order valence-electron chi connectivity index (χ2n) is 9.92. The van der Waals surface area contributed by atoms with Crippen LogP contribution in [0.25, 0.3) is 11.0 Å². The van der Waals surface area contributed by atoms with E-state index >= 15 is 0 Å². The highest BCUT2D eigenvalue weighted by Gasteiger charge is 2.36. The van der Waals surface area contributed by atoms with Gasteiger partial charge in [0.15, 0.2) is 11.5 Å². The van der Waals surface area contributed by atoms with Crippen molar-refractivity contribution in [2.45, 2.75) is 51.9 Å². The standard InChI is InChI=1S/C29H35N5O6/c1-7-29(2,3)30-28(36)26(19-15-23(37-4)27(39-6)24(16-19)38-5)33(17-20-11-10-14-40-20)25(35)18-34-22-13-9-8-12-21(22)31-32-34/h8-16,26H,7,17-18H2,1-6H3,(H,30,36)/t26-/m1/s1. The summed E-state index contributed by atoms with van der Waals surface area (Å²) in [6, 6.07) is 13.1. The number of rotatable bonds is 12. The number of fused-ring (bicyclic) bond motifs is 1. The first-order valence-electron chi connectivity index (χ1n) is 12.9. The molecule has 0 saturated carbocycles. The minimum atomic E-state index is -1.08. The molecule has 11 heteroatoms. The fourth-order valence-electron chi connectivity index (χ4n) is 4.37. The van der Waals surface area contributed by atoms with Gasteiger partial charge in [0.1, 0.15) is 23.9 Å². The quantitative estimate of drug-likeness (QED) is 0.280. The molecule has 0 radical (unpaired) electrons. The van der Waals surface area contributed by atoms with Crippen LogP contribution in [0.5, 0.6) is 17.2 Å². The summed E-state index contributed by atoms with van der Waals surface area (Å²) in [7, 11) is 4.50. The molecule has 0 aliphatic rings. The molecule has 4 aromatic rings. The summed E-state index contributed by atoms with van der Waals surface area (Å²) in [5.41, 5.74) is 1.31. The van der Waals surface area contributed by atoms with Crippen LogP contribution in [0.1, 0.15) is 44.6 Å². The maximum absolute atomic E-state index is 14.1. The zero-order valence-corrected chi connectivity index (χ0v) is 23.6. The van der Waals surface area contributed by atoms with Gasteiger partial charge >= 0.3 is 0 Å². The number of amides is 2. The molecule has 2 amide bonds. The van der Waals surface area contributed by atoms with Gasteiger partial charge in [-0.05, 0) is 62.2 Å². The third-order valence-electron chi connectivity index (χ3n) is 6.84. The summed E-state index contributed by atoms with van der Waals surface area (Å²) in [5.74, 6) is 0.866. The SMILES string of the molecule is CCC(C)(C)NC(=O)[C@@H](c1cc(OC)c(OC)c(OC)c1)N(Cc1ccco1)C(=O)Cn1nnc2ccccc21. The molecule has 0 fully saturated rings. The van der Waals surface area contributed by atoms with E-state index in [9.17, 15) is 9.59 Å². The summed E-state index contributed by atoms with van der Waals surface area (Å²) in [6.07, 6.45) is 2.20. The van der Waals surface area contributed by atoms with Crippen molar-refractivity contribution in [3.05, 3.63) is 66.1 Å². The zero-order chi connectivity index (χ0) is 28.9. The Labute approximate surface area is 233 Å². The van der Waals surface area contributed by atoms with E-state index in [0.29, 0.717) is 46.0 Å². The molecule has 2 aromatic heterocycles. The van der Waals surface area contributed by atoms with Crippen molar-refractivity contribution in [2.75, 3.05) is 21.3 Å². The van der Waals surface area contributed by atoms with Crippen LogP contribution in [0.3, 0.4) is 0 Å². The van der Waals surface area contributed by atoms with Gasteiger partial charge in [0.25, 0.3) is 0 Å². The summed E-state index contributed by atoms with van der Waals surface area (Å²) in [4.78, 5) is 29.6. The Morgan fingerprint density at radius 2 is 1.75 bits per heavy atom. The van der Waals surface area contributed by atoms with Gasteiger partial charge in [-0.1, -0.05) is 24.3 Å². The van der Waals surface area contributed by atoms with Gasteiger partial charge in [-0.3, -0.25) is 9.59 Å². The molecule has 0 aliphatic heterocycles. The number of methoxy groups -OCH3 is 3. The molecule has 0 saturated heterocycles. The Balaban J connectivity index is 1.84. The largest absolute Gasteiger partial charge is 0.493 e. The van der Waals surface area contributed by atoms with E-state index in [-0.39, 0.29) is 24.9 Å². The lowest BCUT2D eigenvalue weighted by Crippen LogP contribution is -2.50. The van der Waals surface area contributed by atoms with Crippen molar-refractivity contribution in [2.24, 2.45) is 0 Å². The van der Waals surface area contributed by atoms with Crippen LogP contribution < -0.4 is 19.5 Å². The van der Waals surface area contributed by atoms with Crippen molar-refractivity contribution >= 4 is 22.8 Å². The average molecular weight is 550 g/mol. The second-order valence-corrected chi connectivity index (χ2v) is 9.92. The number of hydrogen-bond acceptors (Lipinski definition) is 8. The van der Waals surface area contributed by atoms with Crippen LogP contribution in [-0.4, -0.2) is 58.6 Å². The molecule has 40 heavy (non-hydrogen) atoms. The molecule has 0 bridgehead atoms. The lowest BCUT2D eigenvalue weighted by atomic mass is 9.98. The Hall–Kier alpha value is -4.54. The number of carbonyl (C=O) groups excluding carboxylic acids is 2. The smallest absolute Gasteiger partial charge is 0.247 e. The first-order chi connectivity index (χ1) is 19.2. The van der Waals surface area contributed by atoms with Gasteiger partial charge in [-0.2, -0.15) is 0 Å². The van der Waals surface area contributed by atoms with Gasteiger partial charge in [-0.15, -0.1) is 5.10 Å². The van der Waals surface area contributed by atoms with E-state index in [2.05, 4.69) is 15.6 Å². The fraction of sp³-hybridized carbons (Fsp3) is 0.379. The van der Waals surface area contributed by atoms with E-state index < -0.39 is 11.6 Å². The molecule has 2 heterocycles. The number of hydrogen-bond donors (Lipinski definition) is 1. The second kappa shape index (κ2) is 12.1. The Bertz CT molecular complexity index is 1440. The third kappa shape index (κ3) is 6.03. The number of nitrogens with zero attached hydrogens (tertiary/aromatic N) is 4. The van der Waals surface area contributed by atoms with Crippen molar-refractivity contribution in [1.29, 1.82) is 0 Å². The molecule has 2 aromatic carbocycles. The van der Waals surface area contributed by atoms with E-state index in [1.165, 1.54) is 37.2 Å². The van der Waals surface area contributed by atoms with Crippen LogP contribution in [-0.2, 0) is 22.7 Å². The average Bonchev–Trinajstić information content (AvgIpc) is 3.62. The van der Waals surface area contributed by atoms with E-state index in [0.717, 1.165) is 0 Å². The third-order valence-corrected chi connectivity index (χ3v) is 6.84. The van der Waals surface area contributed by atoms with Crippen LogP contribution in [0.4, 0.5) is 0 Å². The van der Waals surface area contributed by atoms with Gasteiger partial charge in [-0.25, -0.2) is 4.68 Å². The number of carbonyl (C=O) groups is 2. The minimum absolute atomic E-state index is 0.0275. The maximum Gasteiger partial charge on any atom is 0.247 e. The predicted molar refractivity (Wildman–Crippen MR) is 148 cm³/mol. The van der Waals surface area contributed by atoms with Crippen molar-refractivity contribution in [3.8, 4) is 17.2 Å². The Morgan fingerprint density at radius 1 is 1.05 bits per heavy atom. The number of nitrogens with one attached hydrogen (secondary N) is 1. The highest BCUT2D eigenvalue weighted by atomic mass is 16.5. The molecule has 0 spiro atoms. The molecular formula is C29H35N5O6.